The third-order valence-electron chi connectivity index (χ3n) is 5.69. The lowest BCUT2D eigenvalue weighted by Gasteiger charge is -2.46. The summed E-state index contributed by atoms with van der Waals surface area (Å²) < 4.78 is 5.32. The van der Waals surface area contributed by atoms with Crippen LogP contribution >= 0.6 is 0 Å². The normalized spacial score (nSPS) is 29.3. The molecule has 2 aliphatic carbocycles. The molecule has 130 valence electrons. The van der Waals surface area contributed by atoms with E-state index < -0.39 is 17.3 Å². The van der Waals surface area contributed by atoms with Gasteiger partial charge in [-0.25, -0.2) is 0 Å². The molecule has 1 aromatic rings. The van der Waals surface area contributed by atoms with Crippen molar-refractivity contribution in [2.45, 2.75) is 25.7 Å². The average Bonchev–Trinajstić information content (AvgIpc) is 2.67. The molecule has 1 aromatic carbocycles. The van der Waals surface area contributed by atoms with E-state index in [1.165, 1.54) is 0 Å². The molecule has 0 heterocycles. The number of allylic oxidation sites excluding steroid dienone is 2. The summed E-state index contributed by atoms with van der Waals surface area (Å²) in [5.41, 5.74) is -0.0516. The molecule has 1 unspecified atom stereocenters. The maximum absolute atomic E-state index is 9.97. The van der Waals surface area contributed by atoms with Crippen molar-refractivity contribution in [1.29, 1.82) is 21.2 Å². The molecule has 0 aromatic heterocycles. The summed E-state index contributed by atoms with van der Waals surface area (Å²) in [6.07, 6.45) is 3.70. The van der Waals surface area contributed by atoms with Gasteiger partial charge in [-0.15, -0.1) is 0 Å². The van der Waals surface area contributed by atoms with Crippen LogP contribution in [0.5, 0.6) is 5.75 Å². The number of nitrogens with one attached hydrogen (secondary N) is 1. The molecule has 0 spiro atoms. The highest BCUT2D eigenvalue weighted by Crippen LogP contribution is 2.56. The summed E-state index contributed by atoms with van der Waals surface area (Å²) in [5, 5.41) is 38.2. The Labute approximate surface area is 153 Å². The van der Waals surface area contributed by atoms with E-state index in [4.69, 9.17) is 10.1 Å². The van der Waals surface area contributed by atoms with Crippen LogP contribution in [0.25, 0.3) is 0 Å². The van der Waals surface area contributed by atoms with Crippen LogP contribution in [0.4, 0.5) is 0 Å². The molecule has 1 saturated carbocycles. The molecule has 0 radical (unpaired) electrons. The Morgan fingerprint density at radius 2 is 1.96 bits per heavy atom. The highest BCUT2D eigenvalue weighted by Gasteiger charge is 2.57. The van der Waals surface area contributed by atoms with Crippen LogP contribution in [0.15, 0.2) is 35.9 Å². The zero-order chi connectivity index (χ0) is 18.9. The third kappa shape index (κ3) is 2.47. The molecule has 1 fully saturated rings. The van der Waals surface area contributed by atoms with Crippen molar-refractivity contribution in [2.75, 3.05) is 7.11 Å². The average molecular weight is 344 g/mol. The van der Waals surface area contributed by atoms with Crippen molar-refractivity contribution in [2.24, 2.45) is 23.2 Å². The summed E-state index contributed by atoms with van der Waals surface area (Å²) in [6, 6.07) is 13.8. The quantitative estimate of drug-likeness (QED) is 0.820. The summed E-state index contributed by atoms with van der Waals surface area (Å²) in [5.74, 6) is -0.342. The van der Waals surface area contributed by atoms with Crippen molar-refractivity contribution < 1.29 is 4.74 Å². The molecular weight excluding hydrogens is 324 g/mol. The number of ether oxygens (including phenoxy) is 1. The molecule has 0 amide bonds. The van der Waals surface area contributed by atoms with Crippen LogP contribution in [-0.2, 0) is 0 Å². The summed E-state index contributed by atoms with van der Waals surface area (Å²) in [4.78, 5) is 0. The van der Waals surface area contributed by atoms with Gasteiger partial charge in [0.1, 0.15) is 11.7 Å². The van der Waals surface area contributed by atoms with Gasteiger partial charge < -0.3 is 10.1 Å². The lowest BCUT2D eigenvalue weighted by molar-refractivity contribution is 0.283. The second kappa shape index (κ2) is 6.66. The minimum absolute atomic E-state index is 0.102. The zero-order valence-corrected chi connectivity index (χ0v) is 14.9. The third-order valence-corrected chi connectivity index (χ3v) is 5.69. The van der Waals surface area contributed by atoms with Crippen molar-refractivity contribution in [3.63, 3.8) is 0 Å². The predicted molar refractivity (Wildman–Crippen MR) is 96.2 cm³/mol. The minimum atomic E-state index is -1.65. The van der Waals surface area contributed by atoms with E-state index >= 15 is 0 Å². The molecule has 26 heavy (non-hydrogen) atoms. The smallest absolute Gasteiger partial charge is 0.189 e. The topological polar surface area (TPSA) is 104 Å². The van der Waals surface area contributed by atoms with Crippen LogP contribution in [0.1, 0.15) is 31.2 Å². The zero-order valence-electron chi connectivity index (χ0n) is 14.9. The van der Waals surface area contributed by atoms with E-state index in [-0.39, 0.29) is 11.6 Å². The van der Waals surface area contributed by atoms with E-state index in [9.17, 15) is 15.8 Å². The Morgan fingerprint density at radius 3 is 2.58 bits per heavy atom. The first-order valence-electron chi connectivity index (χ1n) is 8.67. The number of nitrogens with zero attached hydrogens (tertiary/aromatic N) is 3. The fourth-order valence-corrected chi connectivity index (χ4v) is 4.42. The van der Waals surface area contributed by atoms with Crippen molar-refractivity contribution in [1.82, 2.24) is 0 Å². The van der Waals surface area contributed by atoms with Crippen LogP contribution in [0, 0.1) is 62.6 Å². The minimum Gasteiger partial charge on any atom is -0.497 e. The number of rotatable bonds is 2. The lowest BCUT2D eigenvalue weighted by Crippen LogP contribution is -2.49. The monoisotopic (exact) mass is 344 g/mol. The molecule has 2 aliphatic rings. The number of methoxy groups -OCH3 is 1. The molecule has 0 aliphatic heterocycles. The standard InChI is InChI=1S/C21H20N4O/c1-13-6-7-16-17(8-13)19(14-4-3-5-15(9-14)26-2)21(11-23,12-24)20(25)18(16)10-22/h3-5,7,9,13,17-19,25H,6,8H2,1-2H3/t13-,17-,18?,19-/m0/s1. The molecule has 5 heteroatoms. The Bertz CT molecular complexity index is 882. The van der Waals surface area contributed by atoms with Crippen LogP contribution in [0.3, 0.4) is 0 Å². The maximum Gasteiger partial charge on any atom is 0.189 e. The van der Waals surface area contributed by atoms with Gasteiger partial charge in [0.15, 0.2) is 5.41 Å². The second-order valence-electron chi connectivity index (χ2n) is 7.15. The van der Waals surface area contributed by atoms with Gasteiger partial charge in [0, 0.05) is 5.92 Å². The van der Waals surface area contributed by atoms with Gasteiger partial charge in [-0.2, -0.15) is 15.8 Å². The molecule has 1 N–H and O–H groups in total. The molecule has 3 rings (SSSR count). The number of benzene rings is 1. The largest absolute Gasteiger partial charge is 0.497 e. The Balaban J connectivity index is 2.26. The van der Waals surface area contributed by atoms with Gasteiger partial charge in [-0.3, -0.25) is 0 Å². The molecule has 0 saturated heterocycles. The highest BCUT2D eigenvalue weighted by molar-refractivity contribution is 6.00. The van der Waals surface area contributed by atoms with Crippen LogP contribution in [-0.4, -0.2) is 12.8 Å². The summed E-state index contributed by atoms with van der Waals surface area (Å²) >= 11 is 0. The van der Waals surface area contributed by atoms with Crippen LogP contribution < -0.4 is 4.74 Å². The van der Waals surface area contributed by atoms with Crippen molar-refractivity contribution in [3.8, 4) is 24.0 Å². The fraction of sp³-hybridized carbons (Fsp3) is 0.429. The predicted octanol–water partition coefficient (Wildman–Crippen LogP) is 3.96. The number of hydrogen-bond acceptors (Lipinski definition) is 5. The first-order valence-corrected chi connectivity index (χ1v) is 8.67. The summed E-state index contributed by atoms with van der Waals surface area (Å²) in [7, 11) is 1.57. The molecule has 5 nitrogen and oxygen atoms in total. The molecule has 4 atom stereocenters. The Morgan fingerprint density at radius 1 is 1.23 bits per heavy atom. The fourth-order valence-electron chi connectivity index (χ4n) is 4.42. The van der Waals surface area contributed by atoms with E-state index in [0.29, 0.717) is 11.7 Å². The first-order chi connectivity index (χ1) is 12.5. The Hall–Kier alpha value is -3.10. The van der Waals surface area contributed by atoms with Crippen LogP contribution in [0.2, 0.25) is 0 Å². The Kier molecular flexibility index (Phi) is 4.54. The number of fused-ring (bicyclic) bond motifs is 1. The first kappa shape index (κ1) is 17.7. The lowest BCUT2D eigenvalue weighted by atomic mass is 9.52. The number of nitriles is 3. The van der Waals surface area contributed by atoms with Gasteiger partial charge in [0.05, 0.1) is 31.0 Å². The molecule has 0 bridgehead atoms. The van der Waals surface area contributed by atoms with Crippen molar-refractivity contribution >= 4 is 5.71 Å². The SMILES string of the molecule is COc1cccc([C@H]2[C@H]3C[C@@H](C)CC=C3C(C#N)C(=N)C2(C#N)C#N)c1. The summed E-state index contributed by atoms with van der Waals surface area (Å²) in [6.45, 7) is 2.14. The van der Waals surface area contributed by atoms with Crippen molar-refractivity contribution in [3.05, 3.63) is 41.5 Å². The maximum atomic E-state index is 9.97. The van der Waals surface area contributed by atoms with Gasteiger partial charge in [-0.05, 0) is 47.9 Å². The van der Waals surface area contributed by atoms with Gasteiger partial charge in [0.25, 0.3) is 0 Å². The van der Waals surface area contributed by atoms with Gasteiger partial charge >= 0.3 is 0 Å². The van der Waals surface area contributed by atoms with E-state index in [2.05, 4.69) is 25.1 Å². The second-order valence-corrected chi connectivity index (χ2v) is 7.15. The molecular formula is C21H20N4O. The van der Waals surface area contributed by atoms with Gasteiger partial charge in [0.2, 0.25) is 0 Å². The van der Waals surface area contributed by atoms with E-state index in [1.54, 1.807) is 7.11 Å². The highest BCUT2D eigenvalue weighted by atomic mass is 16.5. The number of hydrogen-bond donors (Lipinski definition) is 1. The van der Waals surface area contributed by atoms with Gasteiger partial charge in [-0.1, -0.05) is 25.1 Å². The van der Waals surface area contributed by atoms with E-state index in [0.717, 1.165) is 24.0 Å². The van der Waals surface area contributed by atoms with E-state index in [1.807, 2.05) is 30.3 Å².